The van der Waals surface area contributed by atoms with Crippen LogP contribution >= 0.6 is 0 Å². The molecule has 0 aromatic heterocycles. The maximum atomic E-state index is 9.64. The van der Waals surface area contributed by atoms with Crippen LogP contribution in [0.25, 0.3) is 0 Å². The van der Waals surface area contributed by atoms with Crippen molar-refractivity contribution in [2.24, 2.45) is 0 Å². The number of nitrogens with one attached hydrogen (secondary N) is 1. The Hall–Kier alpha value is -0.860. The Kier molecular flexibility index (Phi) is 4.19. The van der Waals surface area contributed by atoms with Gasteiger partial charge in [0.2, 0.25) is 0 Å². The number of hydrogen-bond acceptors (Lipinski definition) is 2. The van der Waals surface area contributed by atoms with Crippen LogP contribution in [0.3, 0.4) is 0 Å². The average Bonchev–Trinajstić information content (AvgIpc) is 2.30. The molecular weight excluding hydrogens is 210 g/mol. The molecule has 1 aromatic rings. The van der Waals surface area contributed by atoms with Crippen molar-refractivity contribution in [3.63, 3.8) is 0 Å². The van der Waals surface area contributed by atoms with E-state index in [1.54, 1.807) is 0 Å². The van der Waals surface area contributed by atoms with E-state index in [0.717, 1.165) is 25.8 Å². The van der Waals surface area contributed by atoms with Gasteiger partial charge in [-0.25, -0.2) is 0 Å². The van der Waals surface area contributed by atoms with Crippen LogP contribution in [-0.2, 0) is 6.54 Å². The zero-order chi connectivity index (χ0) is 12.3. The predicted molar refractivity (Wildman–Crippen MR) is 71.0 cm³/mol. The van der Waals surface area contributed by atoms with Gasteiger partial charge in [0.1, 0.15) is 0 Å². The minimum Gasteiger partial charge on any atom is -0.393 e. The van der Waals surface area contributed by atoms with E-state index in [-0.39, 0.29) is 6.10 Å². The number of benzene rings is 1. The van der Waals surface area contributed by atoms with Crippen LogP contribution in [0.4, 0.5) is 0 Å². The Balaban J connectivity index is 1.90. The Morgan fingerprint density at radius 3 is 2.88 bits per heavy atom. The first kappa shape index (κ1) is 12.6. The molecule has 17 heavy (non-hydrogen) atoms. The third-order valence-electron chi connectivity index (χ3n) is 3.73. The topological polar surface area (TPSA) is 32.3 Å². The lowest BCUT2D eigenvalue weighted by Crippen LogP contribution is -2.35. The molecule has 2 nitrogen and oxygen atoms in total. The van der Waals surface area contributed by atoms with Crippen molar-refractivity contribution >= 4 is 0 Å². The molecule has 2 N–H and O–H groups in total. The Morgan fingerprint density at radius 2 is 2.12 bits per heavy atom. The summed E-state index contributed by atoms with van der Waals surface area (Å²) in [5.41, 5.74) is 4.04. The summed E-state index contributed by atoms with van der Waals surface area (Å²) in [7, 11) is 0. The van der Waals surface area contributed by atoms with Gasteiger partial charge in [0.15, 0.2) is 0 Å². The first-order chi connectivity index (χ1) is 8.15. The molecule has 1 fully saturated rings. The third-order valence-corrected chi connectivity index (χ3v) is 3.73. The average molecular weight is 233 g/mol. The number of aliphatic hydroxyl groups excluding tert-OH is 1. The summed E-state index contributed by atoms with van der Waals surface area (Å²) in [6, 6.07) is 7.08. The molecule has 2 heteroatoms. The minimum absolute atomic E-state index is 0.0974. The van der Waals surface area contributed by atoms with Crippen LogP contribution in [0.15, 0.2) is 18.2 Å². The highest BCUT2D eigenvalue weighted by molar-refractivity contribution is 5.30. The molecule has 1 saturated carbocycles. The molecule has 0 aliphatic heterocycles. The lowest BCUT2D eigenvalue weighted by Gasteiger charge is -2.27. The van der Waals surface area contributed by atoms with Crippen LogP contribution in [0.5, 0.6) is 0 Å². The summed E-state index contributed by atoms with van der Waals surface area (Å²) in [6.07, 6.45) is 4.12. The van der Waals surface area contributed by atoms with Gasteiger partial charge in [-0.1, -0.05) is 23.8 Å². The summed E-state index contributed by atoms with van der Waals surface area (Å²) in [6.45, 7) is 5.21. The fourth-order valence-electron chi connectivity index (χ4n) is 2.59. The second kappa shape index (κ2) is 5.65. The molecular formula is C15H23NO. The van der Waals surface area contributed by atoms with Gasteiger partial charge in [-0.3, -0.25) is 0 Å². The van der Waals surface area contributed by atoms with E-state index >= 15 is 0 Å². The lowest BCUT2D eigenvalue weighted by atomic mass is 9.92. The van der Waals surface area contributed by atoms with Crippen molar-refractivity contribution in [1.29, 1.82) is 0 Å². The van der Waals surface area contributed by atoms with Gasteiger partial charge in [0.05, 0.1) is 6.10 Å². The molecule has 0 spiro atoms. The number of aliphatic hydroxyl groups is 1. The van der Waals surface area contributed by atoms with Crippen molar-refractivity contribution in [3.8, 4) is 0 Å². The second-order valence-corrected chi connectivity index (χ2v) is 5.33. The fourth-order valence-corrected chi connectivity index (χ4v) is 2.59. The third kappa shape index (κ3) is 3.55. The van der Waals surface area contributed by atoms with Crippen LogP contribution in [0.2, 0.25) is 0 Å². The molecule has 0 radical (unpaired) electrons. The molecule has 0 saturated heterocycles. The van der Waals surface area contributed by atoms with Crippen molar-refractivity contribution in [2.45, 2.75) is 58.2 Å². The van der Waals surface area contributed by atoms with Crippen molar-refractivity contribution < 1.29 is 5.11 Å². The first-order valence-corrected chi connectivity index (χ1v) is 6.63. The van der Waals surface area contributed by atoms with Crippen LogP contribution in [0.1, 0.15) is 42.4 Å². The van der Waals surface area contributed by atoms with Crippen molar-refractivity contribution in [3.05, 3.63) is 34.9 Å². The highest BCUT2D eigenvalue weighted by Crippen LogP contribution is 2.19. The minimum atomic E-state index is -0.0974. The standard InChI is InChI=1S/C15H23NO/c1-11-6-7-12(2)13(8-11)10-16-14-4-3-5-15(17)9-14/h6-8,14-17H,3-5,9-10H2,1-2H3. The molecule has 2 rings (SSSR count). The van der Waals surface area contributed by atoms with Gasteiger partial charge in [0, 0.05) is 12.6 Å². The van der Waals surface area contributed by atoms with Gasteiger partial charge in [-0.2, -0.15) is 0 Å². The summed E-state index contributed by atoms with van der Waals surface area (Å²) in [5.74, 6) is 0. The maximum absolute atomic E-state index is 9.64. The zero-order valence-electron chi connectivity index (χ0n) is 10.9. The number of aryl methyl sites for hydroxylation is 2. The van der Waals surface area contributed by atoms with E-state index in [1.807, 2.05) is 0 Å². The molecule has 1 aromatic carbocycles. The Labute approximate surface area is 104 Å². The SMILES string of the molecule is Cc1ccc(C)c(CNC2CCCC(O)C2)c1. The quantitative estimate of drug-likeness (QED) is 0.841. The van der Waals surface area contributed by atoms with E-state index in [0.29, 0.717) is 6.04 Å². The van der Waals surface area contributed by atoms with Gasteiger partial charge >= 0.3 is 0 Å². The normalized spacial score (nSPS) is 24.9. The lowest BCUT2D eigenvalue weighted by molar-refractivity contribution is 0.111. The van der Waals surface area contributed by atoms with E-state index < -0.39 is 0 Å². The van der Waals surface area contributed by atoms with E-state index in [4.69, 9.17) is 0 Å². The molecule has 94 valence electrons. The molecule has 1 aliphatic carbocycles. The van der Waals surface area contributed by atoms with Crippen molar-refractivity contribution in [2.75, 3.05) is 0 Å². The summed E-state index contributed by atoms with van der Waals surface area (Å²) in [4.78, 5) is 0. The summed E-state index contributed by atoms with van der Waals surface area (Å²) < 4.78 is 0. The molecule has 1 aliphatic rings. The number of rotatable bonds is 3. The highest BCUT2D eigenvalue weighted by Gasteiger charge is 2.19. The Bertz CT molecular complexity index is 375. The fraction of sp³-hybridized carbons (Fsp3) is 0.600. The van der Waals surface area contributed by atoms with Gasteiger partial charge < -0.3 is 10.4 Å². The first-order valence-electron chi connectivity index (χ1n) is 6.63. The van der Waals surface area contributed by atoms with Crippen LogP contribution < -0.4 is 5.32 Å². The summed E-state index contributed by atoms with van der Waals surface area (Å²) >= 11 is 0. The number of hydrogen-bond donors (Lipinski definition) is 2. The predicted octanol–water partition coefficient (Wildman–Crippen LogP) is 2.70. The monoisotopic (exact) mass is 233 g/mol. The highest BCUT2D eigenvalue weighted by atomic mass is 16.3. The van der Waals surface area contributed by atoms with Crippen molar-refractivity contribution in [1.82, 2.24) is 5.32 Å². The van der Waals surface area contributed by atoms with E-state index in [2.05, 4.69) is 37.4 Å². The largest absolute Gasteiger partial charge is 0.393 e. The van der Waals surface area contributed by atoms with Gasteiger partial charge in [-0.15, -0.1) is 0 Å². The molecule has 0 bridgehead atoms. The van der Waals surface area contributed by atoms with E-state index in [1.165, 1.54) is 23.1 Å². The van der Waals surface area contributed by atoms with Gasteiger partial charge in [0.25, 0.3) is 0 Å². The smallest absolute Gasteiger partial charge is 0.0555 e. The molecule has 2 unspecified atom stereocenters. The second-order valence-electron chi connectivity index (χ2n) is 5.33. The molecule has 0 heterocycles. The van der Waals surface area contributed by atoms with Crippen LogP contribution in [-0.4, -0.2) is 17.3 Å². The van der Waals surface area contributed by atoms with Crippen LogP contribution in [0, 0.1) is 13.8 Å². The van der Waals surface area contributed by atoms with E-state index in [9.17, 15) is 5.11 Å². The Morgan fingerprint density at radius 1 is 1.29 bits per heavy atom. The molecule has 2 atom stereocenters. The zero-order valence-corrected chi connectivity index (χ0v) is 10.9. The maximum Gasteiger partial charge on any atom is 0.0555 e. The van der Waals surface area contributed by atoms with Gasteiger partial charge in [-0.05, 0) is 50.7 Å². The summed E-state index contributed by atoms with van der Waals surface area (Å²) in [5, 5.41) is 13.2. The molecule has 0 amide bonds.